The average molecular weight is 214 g/mol. The highest BCUT2D eigenvalue weighted by molar-refractivity contribution is 6.17. The van der Waals surface area contributed by atoms with Crippen molar-refractivity contribution in [3.8, 4) is 5.75 Å². The molecule has 0 atom stereocenters. The van der Waals surface area contributed by atoms with E-state index >= 15 is 0 Å². The molecule has 0 aliphatic rings. The van der Waals surface area contributed by atoms with Crippen LogP contribution in [0.1, 0.15) is 16.7 Å². The fourth-order valence-corrected chi connectivity index (χ4v) is 1.74. The monoisotopic (exact) mass is 213 g/mol. The molecule has 1 aromatic carbocycles. The van der Waals surface area contributed by atoms with Gasteiger partial charge in [-0.05, 0) is 19.4 Å². The molecule has 0 saturated heterocycles. The van der Waals surface area contributed by atoms with E-state index in [0.717, 1.165) is 17.9 Å². The third-order valence-corrected chi connectivity index (χ3v) is 2.30. The van der Waals surface area contributed by atoms with Crippen molar-refractivity contribution in [1.82, 2.24) is 5.32 Å². The molecule has 0 spiro atoms. The second-order valence-electron chi connectivity index (χ2n) is 3.33. The van der Waals surface area contributed by atoms with E-state index in [1.54, 1.807) is 7.11 Å². The number of alkyl halides is 1. The quantitative estimate of drug-likeness (QED) is 0.613. The molecular formula is C11H16ClNO. The van der Waals surface area contributed by atoms with Crippen molar-refractivity contribution in [2.75, 3.05) is 13.1 Å². The molecule has 0 unspecified atom stereocenters. The van der Waals surface area contributed by atoms with Crippen LogP contribution >= 0.6 is 11.6 Å². The van der Waals surface area contributed by atoms with Gasteiger partial charge < -0.3 is 4.74 Å². The molecule has 0 bridgehead atoms. The highest BCUT2D eigenvalue weighted by Gasteiger charge is 2.06. The number of ether oxygens (including phenoxy) is 1. The highest BCUT2D eigenvalue weighted by Crippen LogP contribution is 2.24. The number of methoxy groups -OCH3 is 1. The van der Waals surface area contributed by atoms with Gasteiger partial charge in [0.25, 0.3) is 0 Å². The standard InChI is InChI=1S/C11H16ClNO/c1-8-4-9(2)11(14-3)10(5-8)6-13-7-12/h4-5,13H,6-7H2,1-3H3. The van der Waals surface area contributed by atoms with Crippen molar-refractivity contribution in [2.24, 2.45) is 0 Å². The van der Waals surface area contributed by atoms with E-state index in [2.05, 4.69) is 31.3 Å². The Kier molecular flexibility index (Phi) is 4.23. The first-order valence-corrected chi connectivity index (χ1v) is 5.13. The molecule has 3 heteroatoms. The molecule has 0 fully saturated rings. The molecule has 0 aliphatic carbocycles. The number of benzene rings is 1. The molecule has 0 amide bonds. The lowest BCUT2D eigenvalue weighted by Gasteiger charge is -2.12. The Morgan fingerprint density at radius 1 is 1.36 bits per heavy atom. The molecule has 0 heterocycles. The van der Waals surface area contributed by atoms with Gasteiger partial charge in [0.05, 0.1) is 13.1 Å². The second kappa shape index (κ2) is 5.23. The molecule has 0 saturated carbocycles. The Morgan fingerprint density at radius 2 is 2.07 bits per heavy atom. The Hall–Kier alpha value is -0.730. The molecule has 0 aromatic heterocycles. The van der Waals surface area contributed by atoms with E-state index in [1.807, 2.05) is 0 Å². The average Bonchev–Trinajstić information content (AvgIpc) is 2.14. The minimum atomic E-state index is 0.455. The van der Waals surface area contributed by atoms with Gasteiger partial charge in [-0.25, -0.2) is 0 Å². The molecule has 2 nitrogen and oxygen atoms in total. The molecule has 1 rings (SSSR count). The summed E-state index contributed by atoms with van der Waals surface area (Å²) in [6.07, 6.45) is 0. The SMILES string of the molecule is COc1c(C)cc(C)cc1CNCCl. The van der Waals surface area contributed by atoms with Crippen molar-refractivity contribution in [3.63, 3.8) is 0 Å². The summed E-state index contributed by atoms with van der Waals surface area (Å²) in [5.41, 5.74) is 3.57. The van der Waals surface area contributed by atoms with Gasteiger partial charge in [0, 0.05) is 12.1 Å². The second-order valence-corrected chi connectivity index (χ2v) is 3.60. The van der Waals surface area contributed by atoms with Gasteiger partial charge in [0.15, 0.2) is 0 Å². The summed E-state index contributed by atoms with van der Waals surface area (Å²) in [7, 11) is 1.70. The largest absolute Gasteiger partial charge is 0.496 e. The van der Waals surface area contributed by atoms with Gasteiger partial charge in [-0.1, -0.05) is 17.7 Å². The van der Waals surface area contributed by atoms with Crippen LogP contribution in [-0.2, 0) is 6.54 Å². The maximum absolute atomic E-state index is 5.57. The predicted molar refractivity (Wildman–Crippen MR) is 60.0 cm³/mol. The van der Waals surface area contributed by atoms with E-state index in [9.17, 15) is 0 Å². The minimum absolute atomic E-state index is 0.455. The van der Waals surface area contributed by atoms with Crippen LogP contribution in [0, 0.1) is 13.8 Å². The first kappa shape index (κ1) is 11.3. The number of hydrogen-bond donors (Lipinski definition) is 1. The maximum Gasteiger partial charge on any atom is 0.126 e. The van der Waals surface area contributed by atoms with E-state index in [1.165, 1.54) is 11.1 Å². The van der Waals surface area contributed by atoms with Gasteiger partial charge in [-0.15, -0.1) is 11.6 Å². The van der Waals surface area contributed by atoms with Crippen LogP contribution in [0.4, 0.5) is 0 Å². The van der Waals surface area contributed by atoms with Gasteiger partial charge in [-0.3, -0.25) is 5.32 Å². The molecule has 14 heavy (non-hydrogen) atoms. The summed E-state index contributed by atoms with van der Waals surface area (Å²) in [6.45, 7) is 4.88. The number of hydrogen-bond acceptors (Lipinski definition) is 2. The minimum Gasteiger partial charge on any atom is -0.496 e. The summed E-state index contributed by atoms with van der Waals surface area (Å²) in [5, 5.41) is 3.08. The summed E-state index contributed by atoms with van der Waals surface area (Å²) < 4.78 is 5.35. The molecular weight excluding hydrogens is 198 g/mol. The van der Waals surface area contributed by atoms with Crippen LogP contribution in [0.15, 0.2) is 12.1 Å². The fourth-order valence-electron chi connectivity index (χ4n) is 1.65. The number of halogens is 1. The van der Waals surface area contributed by atoms with Gasteiger partial charge in [-0.2, -0.15) is 0 Å². The van der Waals surface area contributed by atoms with Crippen LogP contribution in [0.3, 0.4) is 0 Å². The Labute approximate surface area is 90.2 Å². The molecule has 0 radical (unpaired) electrons. The maximum atomic E-state index is 5.57. The number of nitrogens with one attached hydrogen (secondary N) is 1. The van der Waals surface area contributed by atoms with Crippen LogP contribution in [0.2, 0.25) is 0 Å². The Balaban J connectivity index is 2.99. The highest BCUT2D eigenvalue weighted by atomic mass is 35.5. The first-order chi connectivity index (χ1) is 6.69. The molecule has 1 N–H and O–H groups in total. The van der Waals surface area contributed by atoms with Crippen molar-refractivity contribution in [1.29, 1.82) is 0 Å². The zero-order valence-corrected chi connectivity index (χ0v) is 9.61. The third-order valence-electron chi connectivity index (χ3n) is 2.11. The van der Waals surface area contributed by atoms with Crippen molar-refractivity contribution < 1.29 is 4.74 Å². The third kappa shape index (κ3) is 2.63. The normalized spacial score (nSPS) is 10.3. The van der Waals surface area contributed by atoms with Crippen LogP contribution < -0.4 is 10.1 Å². The van der Waals surface area contributed by atoms with E-state index < -0.39 is 0 Å². The topological polar surface area (TPSA) is 21.3 Å². The summed E-state index contributed by atoms with van der Waals surface area (Å²) in [5.74, 6) is 0.952. The molecule has 0 aliphatic heterocycles. The smallest absolute Gasteiger partial charge is 0.126 e. The Bertz CT molecular complexity index is 312. The van der Waals surface area contributed by atoms with Crippen molar-refractivity contribution in [2.45, 2.75) is 20.4 Å². The van der Waals surface area contributed by atoms with Crippen molar-refractivity contribution in [3.05, 3.63) is 28.8 Å². The van der Waals surface area contributed by atoms with Crippen LogP contribution in [0.25, 0.3) is 0 Å². The summed E-state index contributed by atoms with van der Waals surface area (Å²) in [4.78, 5) is 0. The Morgan fingerprint density at radius 3 is 2.64 bits per heavy atom. The lowest BCUT2D eigenvalue weighted by molar-refractivity contribution is 0.405. The fraction of sp³-hybridized carbons (Fsp3) is 0.455. The lowest BCUT2D eigenvalue weighted by Crippen LogP contribution is -2.11. The lowest BCUT2D eigenvalue weighted by atomic mass is 10.1. The predicted octanol–water partition coefficient (Wildman–Crippen LogP) is 2.60. The van der Waals surface area contributed by atoms with E-state index in [0.29, 0.717) is 6.00 Å². The zero-order valence-electron chi connectivity index (χ0n) is 8.86. The molecule has 78 valence electrons. The van der Waals surface area contributed by atoms with Crippen LogP contribution in [0.5, 0.6) is 5.75 Å². The van der Waals surface area contributed by atoms with E-state index in [4.69, 9.17) is 16.3 Å². The van der Waals surface area contributed by atoms with Gasteiger partial charge in [0.2, 0.25) is 0 Å². The number of aryl methyl sites for hydroxylation is 2. The van der Waals surface area contributed by atoms with Crippen LogP contribution in [-0.4, -0.2) is 13.1 Å². The number of rotatable bonds is 4. The van der Waals surface area contributed by atoms with Crippen molar-refractivity contribution >= 4 is 11.6 Å². The summed E-state index contributed by atoms with van der Waals surface area (Å²) >= 11 is 5.57. The zero-order chi connectivity index (χ0) is 10.6. The molecule has 1 aromatic rings. The van der Waals surface area contributed by atoms with E-state index in [-0.39, 0.29) is 0 Å². The first-order valence-electron chi connectivity index (χ1n) is 4.59. The van der Waals surface area contributed by atoms with Gasteiger partial charge >= 0.3 is 0 Å². The summed E-state index contributed by atoms with van der Waals surface area (Å²) in [6, 6.07) is 4.69. The van der Waals surface area contributed by atoms with Gasteiger partial charge in [0.1, 0.15) is 5.75 Å².